The van der Waals surface area contributed by atoms with Crippen LogP contribution in [-0.4, -0.2) is 73.7 Å². The van der Waals surface area contributed by atoms with E-state index in [4.69, 9.17) is 15.2 Å². The number of ether oxygens (including phenoxy) is 2. The molecule has 3 rings (SSSR count). The number of benzene rings is 1. The number of carbonyl (C=O) groups excluding carboxylic acids is 2. The van der Waals surface area contributed by atoms with Crippen molar-refractivity contribution < 1.29 is 19.1 Å². The maximum Gasteiger partial charge on any atom is 0.240 e. The summed E-state index contributed by atoms with van der Waals surface area (Å²) in [5.41, 5.74) is 5.81. The highest BCUT2D eigenvalue weighted by atomic mass is 16.5. The Hall–Kier alpha value is -2.12. The molecular formula is C18H25N3O4. The van der Waals surface area contributed by atoms with Crippen LogP contribution in [0.1, 0.15) is 12.0 Å². The van der Waals surface area contributed by atoms with Crippen molar-refractivity contribution in [1.29, 1.82) is 0 Å². The number of amides is 2. The molecule has 7 heteroatoms. The molecule has 2 fully saturated rings. The molecule has 1 aromatic rings. The van der Waals surface area contributed by atoms with Crippen LogP contribution in [0.4, 0.5) is 0 Å². The van der Waals surface area contributed by atoms with E-state index in [2.05, 4.69) is 4.90 Å². The smallest absolute Gasteiger partial charge is 0.240 e. The van der Waals surface area contributed by atoms with E-state index in [1.807, 2.05) is 29.2 Å². The molecule has 7 nitrogen and oxygen atoms in total. The van der Waals surface area contributed by atoms with Gasteiger partial charge in [-0.1, -0.05) is 18.2 Å². The van der Waals surface area contributed by atoms with Crippen LogP contribution < -0.4 is 10.5 Å². The van der Waals surface area contributed by atoms with Gasteiger partial charge in [0.25, 0.3) is 0 Å². The van der Waals surface area contributed by atoms with Gasteiger partial charge in [-0.15, -0.1) is 0 Å². The van der Waals surface area contributed by atoms with Crippen molar-refractivity contribution in [2.24, 2.45) is 5.73 Å². The van der Waals surface area contributed by atoms with Crippen molar-refractivity contribution >= 4 is 11.8 Å². The molecule has 2 aliphatic rings. The van der Waals surface area contributed by atoms with Gasteiger partial charge in [0.05, 0.1) is 20.1 Å². The van der Waals surface area contributed by atoms with Crippen molar-refractivity contribution in [3.8, 4) is 5.75 Å². The minimum atomic E-state index is -0.711. The standard InChI is InChI=1S/C18H25N3O4/c1-24-15-5-3-2-4-14(15)12-16(22)20-7-9-21(10-8-20)18(17(19)23)6-11-25-13-18/h2-5H,6-13H2,1H3,(H2,19,23). The molecule has 136 valence electrons. The van der Waals surface area contributed by atoms with Gasteiger partial charge in [0, 0.05) is 44.8 Å². The Kier molecular flexibility index (Phi) is 5.24. The summed E-state index contributed by atoms with van der Waals surface area (Å²) in [4.78, 5) is 28.5. The molecule has 0 bridgehead atoms. The summed E-state index contributed by atoms with van der Waals surface area (Å²) in [6.07, 6.45) is 0.936. The molecule has 2 N–H and O–H groups in total. The first-order chi connectivity index (χ1) is 12.1. The number of nitrogens with zero attached hydrogens (tertiary/aromatic N) is 2. The second kappa shape index (κ2) is 7.41. The zero-order valence-corrected chi connectivity index (χ0v) is 14.6. The summed E-state index contributed by atoms with van der Waals surface area (Å²) in [5, 5.41) is 0. The number of nitrogens with two attached hydrogens (primary N) is 1. The van der Waals surface area contributed by atoms with Gasteiger partial charge in [-0.05, 0) is 6.07 Å². The predicted molar refractivity (Wildman–Crippen MR) is 92.2 cm³/mol. The van der Waals surface area contributed by atoms with Crippen LogP contribution in [0.15, 0.2) is 24.3 Å². The highest BCUT2D eigenvalue weighted by molar-refractivity contribution is 5.85. The van der Waals surface area contributed by atoms with Gasteiger partial charge < -0.3 is 20.1 Å². The lowest BCUT2D eigenvalue weighted by Crippen LogP contribution is -2.63. The summed E-state index contributed by atoms with van der Waals surface area (Å²) in [6.45, 7) is 3.33. The molecule has 1 unspecified atom stereocenters. The molecule has 0 aromatic heterocycles. The van der Waals surface area contributed by atoms with E-state index < -0.39 is 5.54 Å². The van der Waals surface area contributed by atoms with Crippen molar-refractivity contribution in [1.82, 2.24) is 9.80 Å². The zero-order valence-electron chi connectivity index (χ0n) is 14.6. The number of primary amides is 1. The molecule has 1 atom stereocenters. The quantitative estimate of drug-likeness (QED) is 0.812. The third-order valence-corrected chi connectivity index (χ3v) is 5.23. The summed E-state index contributed by atoms with van der Waals surface area (Å²) in [5.74, 6) is 0.462. The minimum absolute atomic E-state index is 0.0694. The fraction of sp³-hybridized carbons (Fsp3) is 0.556. The number of hydrogen-bond donors (Lipinski definition) is 1. The maximum absolute atomic E-state index is 12.6. The number of methoxy groups -OCH3 is 1. The molecule has 2 aliphatic heterocycles. The Morgan fingerprint density at radius 1 is 1.24 bits per heavy atom. The van der Waals surface area contributed by atoms with Crippen molar-refractivity contribution in [2.45, 2.75) is 18.4 Å². The molecule has 0 saturated carbocycles. The SMILES string of the molecule is COc1ccccc1CC(=O)N1CCN(C2(C(N)=O)CCOC2)CC1. The number of carbonyl (C=O) groups is 2. The monoisotopic (exact) mass is 347 g/mol. The Morgan fingerprint density at radius 2 is 1.96 bits per heavy atom. The van der Waals surface area contributed by atoms with Gasteiger partial charge >= 0.3 is 0 Å². The van der Waals surface area contributed by atoms with Crippen LogP contribution in [0.3, 0.4) is 0 Å². The van der Waals surface area contributed by atoms with Crippen LogP contribution in [0.25, 0.3) is 0 Å². The summed E-state index contributed by atoms with van der Waals surface area (Å²) < 4.78 is 10.7. The molecule has 2 saturated heterocycles. The molecule has 25 heavy (non-hydrogen) atoms. The highest BCUT2D eigenvalue weighted by Gasteiger charge is 2.47. The topological polar surface area (TPSA) is 85.1 Å². The zero-order chi connectivity index (χ0) is 17.9. The average Bonchev–Trinajstić information content (AvgIpc) is 3.13. The number of para-hydroxylation sites is 1. The summed E-state index contributed by atoms with van der Waals surface area (Å²) in [6, 6.07) is 7.56. The third-order valence-electron chi connectivity index (χ3n) is 5.23. The third kappa shape index (κ3) is 3.48. The van der Waals surface area contributed by atoms with E-state index in [1.165, 1.54) is 0 Å². The Morgan fingerprint density at radius 3 is 2.56 bits per heavy atom. The van der Waals surface area contributed by atoms with Gasteiger partial charge in [-0.2, -0.15) is 0 Å². The average molecular weight is 347 g/mol. The second-order valence-electron chi connectivity index (χ2n) is 6.55. The number of rotatable bonds is 5. The normalized spacial score (nSPS) is 24.3. The van der Waals surface area contributed by atoms with Gasteiger partial charge in [0.1, 0.15) is 11.3 Å². The van der Waals surface area contributed by atoms with Crippen LogP contribution in [-0.2, 0) is 20.7 Å². The van der Waals surface area contributed by atoms with Crippen molar-refractivity contribution in [3.63, 3.8) is 0 Å². The van der Waals surface area contributed by atoms with Crippen LogP contribution >= 0.6 is 0 Å². The van der Waals surface area contributed by atoms with Crippen LogP contribution in [0.2, 0.25) is 0 Å². The lowest BCUT2D eigenvalue weighted by atomic mass is 9.94. The summed E-state index contributed by atoms with van der Waals surface area (Å²) in [7, 11) is 1.61. The van der Waals surface area contributed by atoms with Gasteiger partial charge in [0.2, 0.25) is 11.8 Å². The first-order valence-electron chi connectivity index (χ1n) is 8.59. The Labute approximate surface area is 147 Å². The van der Waals surface area contributed by atoms with Gasteiger partial charge in [0.15, 0.2) is 0 Å². The van der Waals surface area contributed by atoms with Crippen LogP contribution in [0.5, 0.6) is 5.75 Å². The Balaban J connectivity index is 1.60. The summed E-state index contributed by atoms with van der Waals surface area (Å²) >= 11 is 0. The molecule has 0 spiro atoms. The first kappa shape index (κ1) is 17.7. The second-order valence-corrected chi connectivity index (χ2v) is 6.55. The van der Waals surface area contributed by atoms with Crippen molar-refractivity contribution in [3.05, 3.63) is 29.8 Å². The van der Waals surface area contributed by atoms with Gasteiger partial charge in [-0.3, -0.25) is 14.5 Å². The molecule has 0 radical (unpaired) electrons. The minimum Gasteiger partial charge on any atom is -0.496 e. The number of piperazine rings is 1. The van der Waals surface area contributed by atoms with E-state index in [9.17, 15) is 9.59 Å². The van der Waals surface area contributed by atoms with E-state index >= 15 is 0 Å². The van der Waals surface area contributed by atoms with E-state index in [-0.39, 0.29) is 11.8 Å². The van der Waals surface area contributed by atoms with Gasteiger partial charge in [-0.25, -0.2) is 0 Å². The lowest BCUT2D eigenvalue weighted by Gasteiger charge is -2.43. The highest BCUT2D eigenvalue weighted by Crippen LogP contribution is 2.27. The van der Waals surface area contributed by atoms with Crippen molar-refractivity contribution in [2.75, 3.05) is 46.5 Å². The molecule has 0 aliphatic carbocycles. The van der Waals surface area contributed by atoms with E-state index in [0.29, 0.717) is 52.2 Å². The molecule has 1 aromatic carbocycles. The first-order valence-corrected chi connectivity index (χ1v) is 8.59. The predicted octanol–water partition coefficient (Wildman–Crippen LogP) is 0.0263. The fourth-order valence-electron chi connectivity index (χ4n) is 3.66. The molecule has 2 amide bonds. The largest absolute Gasteiger partial charge is 0.496 e. The van der Waals surface area contributed by atoms with Crippen LogP contribution in [0, 0.1) is 0 Å². The Bertz CT molecular complexity index is 635. The van der Waals surface area contributed by atoms with E-state index in [0.717, 1.165) is 11.3 Å². The molecular weight excluding hydrogens is 322 g/mol. The molecule has 2 heterocycles. The van der Waals surface area contributed by atoms with E-state index in [1.54, 1.807) is 7.11 Å². The number of hydrogen-bond acceptors (Lipinski definition) is 5. The maximum atomic E-state index is 12.6. The lowest BCUT2D eigenvalue weighted by molar-refractivity contribution is -0.137. The fourth-order valence-corrected chi connectivity index (χ4v) is 3.66.